The lowest BCUT2D eigenvalue weighted by atomic mass is 9.99. The fourth-order valence-electron chi connectivity index (χ4n) is 2.84. The number of nitrogens with zero attached hydrogens (tertiary/aromatic N) is 1. The standard InChI is InChI=1S/C13H25N3O/c1-3-10(2)7-12(15-14)13-8-16-6-4-5-11(16)9-17-13/h11-13,15H,2-9,14H2,1H3. The highest BCUT2D eigenvalue weighted by Crippen LogP contribution is 2.25. The molecular weight excluding hydrogens is 214 g/mol. The highest BCUT2D eigenvalue weighted by Gasteiger charge is 2.35. The zero-order valence-corrected chi connectivity index (χ0v) is 10.8. The van der Waals surface area contributed by atoms with Crippen molar-refractivity contribution in [2.75, 3.05) is 19.7 Å². The van der Waals surface area contributed by atoms with Crippen molar-refractivity contribution in [3.8, 4) is 0 Å². The van der Waals surface area contributed by atoms with Crippen molar-refractivity contribution in [2.24, 2.45) is 5.84 Å². The number of hydrazine groups is 1. The molecule has 2 saturated heterocycles. The third-order valence-electron chi connectivity index (χ3n) is 4.09. The molecule has 2 aliphatic rings. The van der Waals surface area contributed by atoms with Gasteiger partial charge >= 0.3 is 0 Å². The molecule has 0 aromatic rings. The molecule has 2 rings (SSSR count). The van der Waals surface area contributed by atoms with Crippen LogP contribution in [0.3, 0.4) is 0 Å². The molecule has 4 nitrogen and oxygen atoms in total. The smallest absolute Gasteiger partial charge is 0.0872 e. The van der Waals surface area contributed by atoms with Gasteiger partial charge in [0.05, 0.1) is 18.8 Å². The largest absolute Gasteiger partial charge is 0.374 e. The summed E-state index contributed by atoms with van der Waals surface area (Å²) in [6.07, 6.45) is 4.73. The van der Waals surface area contributed by atoms with Gasteiger partial charge in [0.25, 0.3) is 0 Å². The molecule has 2 heterocycles. The third-order valence-corrected chi connectivity index (χ3v) is 4.09. The van der Waals surface area contributed by atoms with Crippen LogP contribution in [-0.4, -0.2) is 42.8 Å². The zero-order chi connectivity index (χ0) is 12.3. The summed E-state index contributed by atoms with van der Waals surface area (Å²) in [5.41, 5.74) is 4.14. The van der Waals surface area contributed by atoms with Crippen LogP contribution in [0.15, 0.2) is 12.2 Å². The number of morpholine rings is 1. The van der Waals surface area contributed by atoms with Gasteiger partial charge < -0.3 is 4.74 Å². The topological polar surface area (TPSA) is 50.5 Å². The highest BCUT2D eigenvalue weighted by atomic mass is 16.5. The van der Waals surface area contributed by atoms with E-state index >= 15 is 0 Å². The van der Waals surface area contributed by atoms with Gasteiger partial charge in [0.15, 0.2) is 0 Å². The summed E-state index contributed by atoms with van der Waals surface area (Å²) in [5.74, 6) is 5.65. The molecule has 0 bridgehead atoms. The van der Waals surface area contributed by atoms with E-state index in [2.05, 4.69) is 23.8 Å². The molecule has 2 aliphatic heterocycles. The molecule has 0 aliphatic carbocycles. The van der Waals surface area contributed by atoms with E-state index in [9.17, 15) is 0 Å². The molecule has 0 radical (unpaired) electrons. The first-order valence-corrected chi connectivity index (χ1v) is 6.73. The maximum atomic E-state index is 5.97. The number of ether oxygens (including phenoxy) is 1. The Hall–Kier alpha value is -0.420. The van der Waals surface area contributed by atoms with Gasteiger partial charge in [-0.25, -0.2) is 0 Å². The monoisotopic (exact) mass is 239 g/mol. The third kappa shape index (κ3) is 3.07. The molecule has 0 aromatic carbocycles. The van der Waals surface area contributed by atoms with Gasteiger partial charge in [-0.05, 0) is 32.2 Å². The predicted molar refractivity (Wildman–Crippen MR) is 69.5 cm³/mol. The van der Waals surface area contributed by atoms with E-state index in [0.717, 1.165) is 26.0 Å². The van der Waals surface area contributed by atoms with E-state index in [-0.39, 0.29) is 12.1 Å². The lowest BCUT2D eigenvalue weighted by Crippen LogP contribution is -2.55. The number of hydrogen-bond donors (Lipinski definition) is 2. The molecular formula is C13H25N3O. The second kappa shape index (κ2) is 5.96. The van der Waals surface area contributed by atoms with Crippen LogP contribution in [0.5, 0.6) is 0 Å². The molecule has 3 N–H and O–H groups in total. The summed E-state index contributed by atoms with van der Waals surface area (Å²) in [7, 11) is 0. The summed E-state index contributed by atoms with van der Waals surface area (Å²) in [4.78, 5) is 2.55. The van der Waals surface area contributed by atoms with Crippen molar-refractivity contribution in [2.45, 2.75) is 50.8 Å². The Kier molecular flexibility index (Phi) is 4.56. The van der Waals surface area contributed by atoms with E-state index < -0.39 is 0 Å². The average Bonchev–Trinajstić information content (AvgIpc) is 2.82. The van der Waals surface area contributed by atoms with E-state index in [1.165, 1.54) is 25.0 Å². The van der Waals surface area contributed by atoms with E-state index in [4.69, 9.17) is 10.6 Å². The Labute approximate surface area is 104 Å². The second-order valence-electron chi connectivity index (χ2n) is 5.24. The fourth-order valence-corrected chi connectivity index (χ4v) is 2.84. The molecule has 2 fully saturated rings. The minimum absolute atomic E-state index is 0.198. The van der Waals surface area contributed by atoms with Crippen LogP contribution >= 0.6 is 0 Å². The predicted octanol–water partition coefficient (Wildman–Crippen LogP) is 1.04. The lowest BCUT2D eigenvalue weighted by molar-refractivity contribution is -0.0644. The van der Waals surface area contributed by atoms with Gasteiger partial charge in [0.1, 0.15) is 0 Å². The normalized spacial score (nSPS) is 31.2. The van der Waals surface area contributed by atoms with Crippen LogP contribution < -0.4 is 11.3 Å². The van der Waals surface area contributed by atoms with Crippen molar-refractivity contribution in [1.82, 2.24) is 10.3 Å². The number of nitrogens with one attached hydrogen (secondary N) is 1. The quantitative estimate of drug-likeness (QED) is 0.427. The van der Waals surface area contributed by atoms with Gasteiger partial charge in [-0.15, -0.1) is 0 Å². The van der Waals surface area contributed by atoms with Gasteiger partial charge in [0.2, 0.25) is 0 Å². The summed E-state index contributed by atoms with van der Waals surface area (Å²) >= 11 is 0. The van der Waals surface area contributed by atoms with Crippen molar-refractivity contribution < 1.29 is 4.74 Å². The number of hydrogen-bond acceptors (Lipinski definition) is 4. The van der Waals surface area contributed by atoms with Crippen LogP contribution in [0.2, 0.25) is 0 Å². The van der Waals surface area contributed by atoms with Crippen molar-refractivity contribution in [1.29, 1.82) is 0 Å². The summed E-state index contributed by atoms with van der Waals surface area (Å²) in [6, 6.07) is 0.850. The maximum Gasteiger partial charge on any atom is 0.0872 e. The molecule has 0 saturated carbocycles. The Morgan fingerprint density at radius 2 is 2.47 bits per heavy atom. The Bertz CT molecular complexity index is 269. The summed E-state index contributed by atoms with van der Waals surface area (Å²) in [5, 5.41) is 0. The number of fused-ring (bicyclic) bond motifs is 1. The van der Waals surface area contributed by atoms with Crippen LogP contribution in [0.25, 0.3) is 0 Å². The van der Waals surface area contributed by atoms with Crippen LogP contribution in [0.4, 0.5) is 0 Å². The van der Waals surface area contributed by atoms with Crippen LogP contribution in [-0.2, 0) is 4.74 Å². The van der Waals surface area contributed by atoms with E-state index in [1.54, 1.807) is 0 Å². The van der Waals surface area contributed by atoms with Gasteiger partial charge in [0, 0.05) is 12.6 Å². The summed E-state index contributed by atoms with van der Waals surface area (Å²) in [6.45, 7) is 9.28. The molecule has 4 heteroatoms. The first-order chi connectivity index (χ1) is 8.24. The molecule has 3 unspecified atom stereocenters. The fraction of sp³-hybridized carbons (Fsp3) is 0.846. The zero-order valence-electron chi connectivity index (χ0n) is 10.8. The minimum Gasteiger partial charge on any atom is -0.374 e. The molecule has 98 valence electrons. The molecule has 0 amide bonds. The van der Waals surface area contributed by atoms with Crippen molar-refractivity contribution in [3.05, 3.63) is 12.2 Å². The van der Waals surface area contributed by atoms with Gasteiger partial charge in [-0.1, -0.05) is 19.1 Å². The van der Waals surface area contributed by atoms with Gasteiger partial charge in [-0.3, -0.25) is 16.2 Å². The van der Waals surface area contributed by atoms with Crippen molar-refractivity contribution >= 4 is 0 Å². The Morgan fingerprint density at radius 1 is 1.65 bits per heavy atom. The summed E-state index contributed by atoms with van der Waals surface area (Å²) < 4.78 is 5.97. The minimum atomic E-state index is 0.198. The molecule has 0 aromatic heterocycles. The van der Waals surface area contributed by atoms with Gasteiger partial charge in [-0.2, -0.15) is 0 Å². The molecule has 3 atom stereocenters. The molecule has 0 spiro atoms. The lowest BCUT2D eigenvalue weighted by Gasteiger charge is -2.38. The second-order valence-corrected chi connectivity index (χ2v) is 5.24. The SMILES string of the molecule is C=C(CC)CC(NN)C1CN2CCCC2CO1. The Morgan fingerprint density at radius 3 is 3.18 bits per heavy atom. The maximum absolute atomic E-state index is 5.97. The average molecular weight is 239 g/mol. The number of nitrogens with two attached hydrogens (primary N) is 1. The highest BCUT2D eigenvalue weighted by molar-refractivity contribution is 5.00. The first-order valence-electron chi connectivity index (χ1n) is 6.73. The molecule has 17 heavy (non-hydrogen) atoms. The number of rotatable bonds is 5. The van der Waals surface area contributed by atoms with Crippen LogP contribution in [0.1, 0.15) is 32.6 Å². The first kappa shape index (κ1) is 13.0. The van der Waals surface area contributed by atoms with E-state index in [1.807, 2.05) is 0 Å². The van der Waals surface area contributed by atoms with Crippen molar-refractivity contribution in [3.63, 3.8) is 0 Å². The Balaban J connectivity index is 1.89. The van der Waals surface area contributed by atoms with E-state index in [0.29, 0.717) is 6.04 Å². The van der Waals surface area contributed by atoms with Crippen LogP contribution in [0, 0.1) is 0 Å².